The molecule has 0 heterocycles. The zero-order valence-corrected chi connectivity index (χ0v) is 12.2. The molecule has 0 radical (unpaired) electrons. The summed E-state index contributed by atoms with van der Waals surface area (Å²) >= 11 is 3.47. The molecule has 1 N–H and O–H groups in total. The van der Waals surface area contributed by atoms with Gasteiger partial charge in [0.15, 0.2) is 11.5 Å². The molecule has 0 aliphatic heterocycles. The Bertz CT molecular complexity index is 367. The first-order chi connectivity index (χ1) is 8.04. The zero-order valence-electron chi connectivity index (χ0n) is 10.7. The van der Waals surface area contributed by atoms with Crippen molar-refractivity contribution >= 4 is 15.9 Å². The molecule has 0 atom stereocenters. The third-order valence-electron chi connectivity index (χ3n) is 2.48. The number of phenolic OH excluding ortho intramolecular Hbond substituents is 1. The van der Waals surface area contributed by atoms with E-state index in [0.717, 1.165) is 23.9 Å². The average Bonchev–Trinajstić information content (AvgIpc) is 2.24. The summed E-state index contributed by atoms with van der Waals surface area (Å²) in [5.74, 6) is 0.755. The van der Waals surface area contributed by atoms with Crippen LogP contribution in [0.25, 0.3) is 0 Å². The Labute approximate surface area is 112 Å². The van der Waals surface area contributed by atoms with Crippen molar-refractivity contribution in [2.45, 2.75) is 19.8 Å². The Morgan fingerprint density at radius 1 is 1.35 bits per heavy atom. The first kappa shape index (κ1) is 14.3. The minimum atomic E-state index is 0.190. The summed E-state index contributed by atoms with van der Waals surface area (Å²) < 4.78 is 6.32. The van der Waals surface area contributed by atoms with Gasteiger partial charge in [-0.05, 0) is 58.1 Å². The summed E-state index contributed by atoms with van der Waals surface area (Å²) in [5, 5.41) is 9.70. The van der Waals surface area contributed by atoms with Crippen LogP contribution >= 0.6 is 15.9 Å². The molecule has 0 spiro atoms. The van der Waals surface area contributed by atoms with Gasteiger partial charge < -0.3 is 14.7 Å². The fourth-order valence-electron chi connectivity index (χ4n) is 1.63. The number of hydrogen-bond donors (Lipinski definition) is 1. The second-order valence-corrected chi connectivity index (χ2v) is 5.11. The Hall–Kier alpha value is -0.740. The van der Waals surface area contributed by atoms with E-state index >= 15 is 0 Å². The Balaban J connectivity index is 2.73. The maximum absolute atomic E-state index is 9.70. The molecule has 3 nitrogen and oxygen atoms in total. The van der Waals surface area contributed by atoms with Crippen LogP contribution in [-0.2, 0) is 6.42 Å². The van der Waals surface area contributed by atoms with E-state index in [1.165, 1.54) is 5.56 Å². The van der Waals surface area contributed by atoms with Crippen molar-refractivity contribution in [3.63, 3.8) is 0 Å². The van der Waals surface area contributed by atoms with Gasteiger partial charge in [0.05, 0.1) is 6.61 Å². The minimum absolute atomic E-state index is 0.190. The molecule has 4 heteroatoms. The van der Waals surface area contributed by atoms with Crippen LogP contribution < -0.4 is 4.74 Å². The number of benzene rings is 1. The van der Waals surface area contributed by atoms with Crippen molar-refractivity contribution in [2.75, 3.05) is 27.2 Å². The summed E-state index contributed by atoms with van der Waals surface area (Å²) in [4.78, 5) is 2.16. The van der Waals surface area contributed by atoms with Crippen LogP contribution in [0.2, 0.25) is 0 Å². The molecule has 0 aliphatic rings. The van der Waals surface area contributed by atoms with Crippen LogP contribution in [0.3, 0.4) is 0 Å². The van der Waals surface area contributed by atoms with Gasteiger partial charge in [-0.2, -0.15) is 0 Å². The molecule has 0 aromatic heterocycles. The van der Waals surface area contributed by atoms with Crippen LogP contribution in [0, 0.1) is 0 Å². The standard InChI is InChI=1S/C13H20BrNO2/c1-4-17-13-8-10(6-5-7-15(2)3)11(14)9-12(13)16/h8-9,16H,4-7H2,1-3H3. The van der Waals surface area contributed by atoms with Crippen LogP contribution in [0.1, 0.15) is 18.9 Å². The lowest BCUT2D eigenvalue weighted by atomic mass is 10.1. The lowest BCUT2D eigenvalue weighted by Crippen LogP contribution is -2.13. The number of ether oxygens (including phenoxy) is 1. The second-order valence-electron chi connectivity index (χ2n) is 4.25. The van der Waals surface area contributed by atoms with Crippen LogP contribution in [0.15, 0.2) is 16.6 Å². The van der Waals surface area contributed by atoms with Gasteiger partial charge in [-0.25, -0.2) is 0 Å². The fourth-order valence-corrected chi connectivity index (χ4v) is 2.16. The number of nitrogens with zero attached hydrogens (tertiary/aromatic N) is 1. The Morgan fingerprint density at radius 3 is 2.65 bits per heavy atom. The summed E-state index contributed by atoms with van der Waals surface area (Å²) in [6, 6.07) is 3.62. The Morgan fingerprint density at radius 2 is 2.06 bits per heavy atom. The first-order valence-electron chi connectivity index (χ1n) is 5.83. The average molecular weight is 302 g/mol. The van der Waals surface area contributed by atoms with Gasteiger partial charge in [0, 0.05) is 4.47 Å². The molecule has 0 amide bonds. The maximum atomic E-state index is 9.70. The highest BCUT2D eigenvalue weighted by atomic mass is 79.9. The summed E-state index contributed by atoms with van der Waals surface area (Å²) in [6.45, 7) is 3.52. The van der Waals surface area contributed by atoms with Gasteiger partial charge in [-0.15, -0.1) is 0 Å². The van der Waals surface area contributed by atoms with Gasteiger partial charge in [0.1, 0.15) is 0 Å². The first-order valence-corrected chi connectivity index (χ1v) is 6.62. The predicted octanol–water partition coefficient (Wildman–Crippen LogP) is 3.05. The van der Waals surface area contributed by atoms with Crippen molar-refractivity contribution in [2.24, 2.45) is 0 Å². The van der Waals surface area contributed by atoms with E-state index in [1.54, 1.807) is 6.07 Å². The molecule has 0 bridgehead atoms. The summed E-state index contributed by atoms with van der Waals surface area (Å²) in [7, 11) is 4.13. The molecule has 1 aromatic rings. The Kier molecular flexibility index (Phi) is 5.78. The second kappa shape index (κ2) is 6.87. The maximum Gasteiger partial charge on any atom is 0.161 e. The molecule has 1 rings (SSSR count). The SMILES string of the molecule is CCOc1cc(CCCN(C)C)c(Br)cc1O. The van der Waals surface area contributed by atoms with Crippen molar-refractivity contribution < 1.29 is 9.84 Å². The van der Waals surface area contributed by atoms with E-state index in [2.05, 4.69) is 34.9 Å². The molecule has 96 valence electrons. The van der Waals surface area contributed by atoms with Crippen molar-refractivity contribution in [1.82, 2.24) is 4.90 Å². The van der Waals surface area contributed by atoms with Crippen molar-refractivity contribution in [3.8, 4) is 11.5 Å². The van der Waals surface area contributed by atoms with Crippen LogP contribution in [0.5, 0.6) is 11.5 Å². The lowest BCUT2D eigenvalue weighted by molar-refractivity contribution is 0.317. The minimum Gasteiger partial charge on any atom is -0.504 e. The normalized spacial score (nSPS) is 10.9. The van der Waals surface area contributed by atoms with Crippen LogP contribution in [-0.4, -0.2) is 37.3 Å². The topological polar surface area (TPSA) is 32.7 Å². The number of aryl methyl sites for hydroxylation is 1. The lowest BCUT2D eigenvalue weighted by Gasteiger charge is -2.12. The van der Waals surface area contributed by atoms with Gasteiger partial charge in [-0.1, -0.05) is 15.9 Å². The van der Waals surface area contributed by atoms with Crippen molar-refractivity contribution in [3.05, 3.63) is 22.2 Å². The number of hydrogen-bond acceptors (Lipinski definition) is 3. The van der Waals surface area contributed by atoms with E-state index in [4.69, 9.17) is 4.74 Å². The molecular weight excluding hydrogens is 282 g/mol. The molecule has 0 saturated carbocycles. The predicted molar refractivity (Wildman–Crippen MR) is 73.9 cm³/mol. The van der Waals surface area contributed by atoms with E-state index < -0.39 is 0 Å². The molecule has 0 fully saturated rings. The highest BCUT2D eigenvalue weighted by Gasteiger charge is 2.08. The summed E-state index contributed by atoms with van der Waals surface area (Å²) in [5.41, 5.74) is 1.17. The highest BCUT2D eigenvalue weighted by Crippen LogP contribution is 2.33. The molecule has 17 heavy (non-hydrogen) atoms. The fraction of sp³-hybridized carbons (Fsp3) is 0.538. The molecular formula is C13H20BrNO2. The van der Waals surface area contributed by atoms with E-state index in [0.29, 0.717) is 12.4 Å². The number of aromatic hydroxyl groups is 1. The van der Waals surface area contributed by atoms with E-state index in [1.807, 2.05) is 13.0 Å². The van der Waals surface area contributed by atoms with Crippen LogP contribution in [0.4, 0.5) is 0 Å². The highest BCUT2D eigenvalue weighted by molar-refractivity contribution is 9.10. The summed E-state index contributed by atoms with van der Waals surface area (Å²) in [6.07, 6.45) is 2.06. The molecule has 0 saturated heterocycles. The molecule has 0 aliphatic carbocycles. The molecule has 0 unspecified atom stereocenters. The van der Waals surface area contributed by atoms with E-state index in [-0.39, 0.29) is 5.75 Å². The smallest absolute Gasteiger partial charge is 0.161 e. The number of phenols is 1. The number of halogens is 1. The van der Waals surface area contributed by atoms with E-state index in [9.17, 15) is 5.11 Å². The zero-order chi connectivity index (χ0) is 12.8. The van der Waals surface area contributed by atoms with Crippen molar-refractivity contribution in [1.29, 1.82) is 0 Å². The largest absolute Gasteiger partial charge is 0.504 e. The third kappa shape index (κ3) is 4.56. The van der Waals surface area contributed by atoms with Gasteiger partial charge in [0.2, 0.25) is 0 Å². The van der Waals surface area contributed by atoms with Gasteiger partial charge in [-0.3, -0.25) is 0 Å². The molecule has 1 aromatic carbocycles. The third-order valence-corrected chi connectivity index (χ3v) is 3.22. The number of rotatable bonds is 6. The van der Waals surface area contributed by atoms with Gasteiger partial charge in [0.25, 0.3) is 0 Å². The van der Waals surface area contributed by atoms with Gasteiger partial charge >= 0.3 is 0 Å². The quantitative estimate of drug-likeness (QED) is 0.876. The monoisotopic (exact) mass is 301 g/mol.